The highest BCUT2D eigenvalue weighted by Gasteiger charge is 2.25. The van der Waals surface area contributed by atoms with E-state index >= 15 is 0 Å². The van der Waals surface area contributed by atoms with Gasteiger partial charge in [0.15, 0.2) is 0 Å². The largest absolute Gasteiger partial charge is 0.474 e. The van der Waals surface area contributed by atoms with Crippen LogP contribution in [0.3, 0.4) is 0 Å². The molecule has 1 amide bonds. The van der Waals surface area contributed by atoms with Crippen LogP contribution >= 0.6 is 0 Å². The van der Waals surface area contributed by atoms with E-state index in [2.05, 4.69) is 20.2 Å². The van der Waals surface area contributed by atoms with Crippen LogP contribution in [0, 0.1) is 0 Å². The van der Waals surface area contributed by atoms with Crippen LogP contribution in [-0.4, -0.2) is 65.9 Å². The highest BCUT2D eigenvalue weighted by Crippen LogP contribution is 2.31. The van der Waals surface area contributed by atoms with Crippen molar-refractivity contribution in [2.45, 2.75) is 71.1 Å². The lowest BCUT2D eigenvalue weighted by atomic mass is 9.93. The number of pyridine rings is 2. The SMILES string of the molecule is CC(=NC1CCC(Oc2nc(N3CCOCC3)cc3ncccc23)CC1)NC(=O)OC(C)(C)C. The first kappa shape index (κ1) is 24.2. The van der Waals surface area contributed by atoms with Gasteiger partial charge in [-0.3, -0.25) is 15.3 Å². The maximum atomic E-state index is 12.0. The number of carbonyl (C=O) groups is 1. The van der Waals surface area contributed by atoms with E-state index in [4.69, 9.17) is 19.2 Å². The summed E-state index contributed by atoms with van der Waals surface area (Å²) >= 11 is 0. The Morgan fingerprint density at radius 3 is 2.65 bits per heavy atom. The van der Waals surface area contributed by atoms with Gasteiger partial charge in [-0.1, -0.05) is 0 Å². The van der Waals surface area contributed by atoms with Crippen LogP contribution in [0.4, 0.5) is 10.6 Å². The molecular formula is C25H35N5O4. The number of amides is 1. The Bertz CT molecular complexity index is 1020. The van der Waals surface area contributed by atoms with Gasteiger partial charge in [0.05, 0.1) is 30.2 Å². The predicted octanol–water partition coefficient (Wildman–Crippen LogP) is 4.10. The molecule has 34 heavy (non-hydrogen) atoms. The molecule has 1 N–H and O–H groups in total. The van der Waals surface area contributed by atoms with E-state index in [1.54, 1.807) is 13.1 Å². The normalized spacial score (nSPS) is 21.9. The fourth-order valence-electron chi connectivity index (χ4n) is 4.28. The van der Waals surface area contributed by atoms with Crippen LogP contribution < -0.4 is 15.0 Å². The molecule has 1 aliphatic carbocycles. The lowest BCUT2D eigenvalue weighted by Crippen LogP contribution is -2.37. The number of hydrogen-bond donors (Lipinski definition) is 1. The molecule has 2 aliphatic rings. The standard InChI is InChI=1S/C25H35N5O4/c1-17(28-24(31)34-25(2,3)4)27-18-7-9-19(10-8-18)33-23-20-6-5-11-26-21(20)16-22(29-23)30-12-14-32-15-13-30/h5-6,11,16,18-19H,7-10,12-15H2,1-4H3,(H,27,28,31). The number of nitrogens with zero attached hydrogens (tertiary/aromatic N) is 4. The van der Waals surface area contributed by atoms with Gasteiger partial charge in [-0.2, -0.15) is 4.98 Å². The molecule has 1 saturated heterocycles. The van der Waals surface area contributed by atoms with Crippen LogP contribution in [0.2, 0.25) is 0 Å². The first-order chi connectivity index (χ1) is 16.3. The third-order valence-corrected chi connectivity index (χ3v) is 5.87. The van der Waals surface area contributed by atoms with Gasteiger partial charge in [0.2, 0.25) is 5.88 Å². The van der Waals surface area contributed by atoms with Gasteiger partial charge in [0.1, 0.15) is 23.4 Å². The molecule has 1 saturated carbocycles. The average molecular weight is 470 g/mol. The summed E-state index contributed by atoms with van der Waals surface area (Å²) in [5.74, 6) is 2.10. The third-order valence-electron chi connectivity index (χ3n) is 5.87. The molecule has 2 aromatic rings. The Labute approximate surface area is 200 Å². The van der Waals surface area contributed by atoms with Gasteiger partial charge in [-0.05, 0) is 65.5 Å². The van der Waals surface area contributed by atoms with Crippen molar-refractivity contribution in [3.05, 3.63) is 24.4 Å². The maximum absolute atomic E-state index is 12.0. The first-order valence-corrected chi connectivity index (χ1v) is 12.1. The summed E-state index contributed by atoms with van der Waals surface area (Å²) < 4.78 is 17.2. The number of amidine groups is 1. The minimum absolute atomic E-state index is 0.0708. The molecule has 2 fully saturated rings. The number of carbonyl (C=O) groups excluding carboxylic acids is 1. The zero-order valence-corrected chi connectivity index (χ0v) is 20.5. The summed E-state index contributed by atoms with van der Waals surface area (Å²) in [5, 5.41) is 3.65. The van der Waals surface area contributed by atoms with Crippen LogP contribution in [0.25, 0.3) is 10.9 Å². The van der Waals surface area contributed by atoms with Crippen LogP contribution in [0.1, 0.15) is 53.4 Å². The zero-order valence-electron chi connectivity index (χ0n) is 20.5. The van der Waals surface area contributed by atoms with E-state index in [1.165, 1.54) is 0 Å². The number of ether oxygens (including phenoxy) is 3. The summed E-state index contributed by atoms with van der Waals surface area (Å²) in [5.41, 5.74) is 0.350. The van der Waals surface area contributed by atoms with Crippen LogP contribution in [0.15, 0.2) is 29.4 Å². The number of hydrogen-bond acceptors (Lipinski definition) is 8. The Hall–Kier alpha value is -2.94. The molecule has 2 aromatic heterocycles. The van der Waals surface area contributed by atoms with Gasteiger partial charge >= 0.3 is 6.09 Å². The zero-order chi connectivity index (χ0) is 24.1. The molecular weight excluding hydrogens is 434 g/mol. The molecule has 0 unspecified atom stereocenters. The number of aromatic nitrogens is 2. The van der Waals surface area contributed by atoms with E-state index in [0.717, 1.165) is 55.5 Å². The maximum Gasteiger partial charge on any atom is 0.413 e. The van der Waals surface area contributed by atoms with E-state index in [0.29, 0.717) is 24.9 Å². The van der Waals surface area contributed by atoms with Gasteiger partial charge in [0.25, 0.3) is 0 Å². The fourth-order valence-corrected chi connectivity index (χ4v) is 4.28. The van der Waals surface area contributed by atoms with Crippen molar-refractivity contribution in [3.63, 3.8) is 0 Å². The van der Waals surface area contributed by atoms with Crippen molar-refractivity contribution in [3.8, 4) is 5.88 Å². The molecule has 0 atom stereocenters. The van der Waals surface area contributed by atoms with Gasteiger partial charge in [-0.25, -0.2) is 4.79 Å². The molecule has 9 heteroatoms. The monoisotopic (exact) mass is 469 g/mol. The highest BCUT2D eigenvalue weighted by atomic mass is 16.6. The van der Waals surface area contributed by atoms with Crippen molar-refractivity contribution in [2.24, 2.45) is 4.99 Å². The highest BCUT2D eigenvalue weighted by molar-refractivity contribution is 5.94. The Kier molecular flexibility index (Phi) is 7.50. The Morgan fingerprint density at radius 1 is 1.21 bits per heavy atom. The summed E-state index contributed by atoms with van der Waals surface area (Å²) in [4.78, 5) is 28.3. The topological polar surface area (TPSA) is 98.2 Å². The number of fused-ring (bicyclic) bond motifs is 1. The molecule has 0 spiro atoms. The van der Waals surface area contributed by atoms with Gasteiger partial charge < -0.3 is 19.1 Å². The predicted molar refractivity (Wildman–Crippen MR) is 132 cm³/mol. The number of nitrogens with one attached hydrogen (secondary N) is 1. The molecule has 184 valence electrons. The van der Waals surface area contributed by atoms with Crippen LogP contribution in [-0.2, 0) is 9.47 Å². The molecule has 9 nitrogen and oxygen atoms in total. The number of aliphatic imine (C=N–C) groups is 1. The number of morpholine rings is 1. The summed E-state index contributed by atoms with van der Waals surface area (Å²) in [6, 6.07) is 6.10. The van der Waals surface area contributed by atoms with Crippen molar-refractivity contribution in [1.29, 1.82) is 0 Å². The number of rotatable bonds is 4. The fraction of sp³-hybridized carbons (Fsp3) is 0.600. The van der Waals surface area contributed by atoms with E-state index in [1.807, 2.05) is 39.0 Å². The van der Waals surface area contributed by atoms with Crippen molar-refractivity contribution < 1.29 is 19.0 Å². The summed E-state index contributed by atoms with van der Waals surface area (Å²) in [6.45, 7) is 10.3. The molecule has 0 bridgehead atoms. The lowest BCUT2D eigenvalue weighted by molar-refractivity contribution is 0.0562. The van der Waals surface area contributed by atoms with Crippen molar-refractivity contribution in [2.75, 3.05) is 31.2 Å². The Balaban J connectivity index is 1.38. The van der Waals surface area contributed by atoms with Gasteiger partial charge in [-0.15, -0.1) is 0 Å². The molecule has 0 aromatic carbocycles. The van der Waals surface area contributed by atoms with E-state index < -0.39 is 11.7 Å². The number of anilines is 1. The molecule has 3 heterocycles. The smallest absolute Gasteiger partial charge is 0.413 e. The van der Waals surface area contributed by atoms with E-state index in [-0.39, 0.29) is 12.1 Å². The minimum Gasteiger partial charge on any atom is -0.474 e. The minimum atomic E-state index is -0.535. The third kappa shape index (κ3) is 6.56. The van der Waals surface area contributed by atoms with Crippen molar-refractivity contribution >= 4 is 28.6 Å². The van der Waals surface area contributed by atoms with Crippen molar-refractivity contribution in [1.82, 2.24) is 15.3 Å². The Morgan fingerprint density at radius 2 is 1.94 bits per heavy atom. The molecule has 1 aliphatic heterocycles. The summed E-state index contributed by atoms with van der Waals surface area (Å²) in [7, 11) is 0. The second kappa shape index (κ2) is 10.5. The molecule has 0 radical (unpaired) electrons. The van der Waals surface area contributed by atoms with Gasteiger partial charge in [0, 0.05) is 25.4 Å². The average Bonchev–Trinajstić information content (AvgIpc) is 2.79. The summed E-state index contributed by atoms with van der Waals surface area (Å²) in [6.07, 6.45) is 4.91. The number of alkyl carbamates (subject to hydrolysis) is 1. The molecule has 4 rings (SSSR count). The van der Waals surface area contributed by atoms with E-state index in [9.17, 15) is 4.79 Å². The lowest BCUT2D eigenvalue weighted by Gasteiger charge is -2.30. The second-order valence-corrected chi connectivity index (χ2v) is 9.84. The van der Waals surface area contributed by atoms with Crippen LogP contribution in [0.5, 0.6) is 5.88 Å². The quantitative estimate of drug-likeness (QED) is 0.532. The first-order valence-electron chi connectivity index (χ1n) is 12.1. The second-order valence-electron chi connectivity index (χ2n) is 9.84.